The maximum Gasteiger partial charge on any atom is 0.191 e. The molecule has 1 aliphatic rings. The smallest absolute Gasteiger partial charge is 0.191 e. The molecule has 1 heterocycles. The number of fused-ring (bicyclic) bond motifs is 1. The van der Waals surface area contributed by atoms with Crippen LogP contribution in [0.4, 0.5) is 0 Å². The minimum atomic E-state index is 0.707. The lowest BCUT2D eigenvalue weighted by Crippen LogP contribution is -2.36. The van der Waals surface area contributed by atoms with E-state index in [0.717, 1.165) is 29.8 Å². The zero-order valence-electron chi connectivity index (χ0n) is 14.8. The third kappa shape index (κ3) is 4.15. The zero-order valence-corrected chi connectivity index (χ0v) is 15.6. The first-order valence-electron chi connectivity index (χ1n) is 8.71. The first-order valence-corrected chi connectivity index (χ1v) is 9.53. The summed E-state index contributed by atoms with van der Waals surface area (Å²) >= 11 is 1.75. The highest BCUT2D eigenvalue weighted by Gasteiger charge is 2.10. The Labute approximate surface area is 148 Å². The third-order valence-corrected chi connectivity index (χ3v) is 5.48. The molecule has 0 spiro atoms. The molecular formula is C19H26N4S. The first-order chi connectivity index (χ1) is 11.7. The van der Waals surface area contributed by atoms with Gasteiger partial charge in [0.15, 0.2) is 5.96 Å². The quantitative estimate of drug-likeness (QED) is 0.646. The fourth-order valence-corrected chi connectivity index (χ4v) is 3.88. The van der Waals surface area contributed by atoms with Crippen LogP contribution in [0.1, 0.15) is 45.6 Å². The molecular weight excluding hydrogens is 316 g/mol. The molecule has 0 saturated heterocycles. The molecule has 0 aliphatic heterocycles. The van der Waals surface area contributed by atoms with E-state index in [1.54, 1.807) is 11.3 Å². The highest BCUT2D eigenvalue weighted by atomic mass is 32.1. The lowest BCUT2D eigenvalue weighted by Gasteiger charge is -2.10. The number of nitrogens with one attached hydrogen (secondary N) is 2. The van der Waals surface area contributed by atoms with Crippen LogP contribution < -0.4 is 10.6 Å². The summed E-state index contributed by atoms with van der Waals surface area (Å²) in [6.45, 7) is 8.54. The summed E-state index contributed by atoms with van der Waals surface area (Å²) in [7, 11) is 0. The minimum absolute atomic E-state index is 0.707. The predicted molar refractivity (Wildman–Crippen MR) is 102 cm³/mol. The second-order valence-corrected chi connectivity index (χ2v) is 7.54. The molecule has 0 bridgehead atoms. The minimum Gasteiger partial charge on any atom is -0.357 e. The highest BCUT2D eigenvalue weighted by molar-refractivity contribution is 7.11. The molecule has 1 aromatic carbocycles. The Morgan fingerprint density at radius 1 is 1.21 bits per heavy atom. The van der Waals surface area contributed by atoms with Gasteiger partial charge in [-0.15, -0.1) is 11.3 Å². The second-order valence-electron chi connectivity index (χ2n) is 6.25. The number of thiazole rings is 1. The summed E-state index contributed by atoms with van der Waals surface area (Å²) in [5.74, 6) is 0.850. The van der Waals surface area contributed by atoms with Crippen molar-refractivity contribution in [2.24, 2.45) is 4.99 Å². The van der Waals surface area contributed by atoms with Gasteiger partial charge in [-0.3, -0.25) is 0 Å². The Bertz CT molecular complexity index is 713. The van der Waals surface area contributed by atoms with E-state index in [-0.39, 0.29) is 0 Å². The molecule has 3 rings (SSSR count). The van der Waals surface area contributed by atoms with E-state index < -0.39 is 0 Å². The number of benzene rings is 1. The fourth-order valence-electron chi connectivity index (χ4n) is 3.01. The van der Waals surface area contributed by atoms with Crippen molar-refractivity contribution < 1.29 is 0 Å². The maximum atomic E-state index is 4.72. The van der Waals surface area contributed by atoms with Crippen molar-refractivity contribution in [1.82, 2.24) is 15.6 Å². The van der Waals surface area contributed by atoms with Crippen LogP contribution in [0.25, 0.3) is 0 Å². The zero-order chi connectivity index (χ0) is 16.9. The van der Waals surface area contributed by atoms with Crippen LogP contribution in [-0.2, 0) is 25.9 Å². The van der Waals surface area contributed by atoms with E-state index in [1.165, 1.54) is 40.8 Å². The molecule has 1 aromatic heterocycles. The number of guanidine groups is 1. The van der Waals surface area contributed by atoms with Crippen molar-refractivity contribution in [3.63, 3.8) is 0 Å². The van der Waals surface area contributed by atoms with E-state index >= 15 is 0 Å². The number of aliphatic imine (C=N–C) groups is 1. The first kappa shape index (κ1) is 17.0. The number of hydrogen-bond donors (Lipinski definition) is 2. The molecule has 1 aliphatic carbocycles. The number of aromatic nitrogens is 1. The van der Waals surface area contributed by atoms with Crippen molar-refractivity contribution in [3.8, 4) is 0 Å². The van der Waals surface area contributed by atoms with Crippen LogP contribution in [0, 0.1) is 13.8 Å². The van der Waals surface area contributed by atoms with Crippen LogP contribution in [-0.4, -0.2) is 17.5 Å². The lowest BCUT2D eigenvalue weighted by atomic mass is 10.1. The standard InChI is InChI=1S/C19H26N4S/c1-4-20-19(22-12-18-23-13(2)14(3)24-18)21-11-15-8-9-16-6-5-7-17(16)10-15/h8-10H,4-7,11-12H2,1-3H3,(H2,20,21,22). The van der Waals surface area contributed by atoms with Gasteiger partial charge in [0, 0.05) is 11.4 Å². The molecule has 2 N–H and O–H groups in total. The van der Waals surface area contributed by atoms with Crippen molar-refractivity contribution >= 4 is 17.3 Å². The average molecular weight is 343 g/mol. The molecule has 128 valence electrons. The molecule has 0 atom stereocenters. The van der Waals surface area contributed by atoms with Gasteiger partial charge in [0.05, 0.1) is 18.8 Å². The molecule has 0 unspecified atom stereocenters. The van der Waals surface area contributed by atoms with Crippen LogP contribution in [0.15, 0.2) is 23.2 Å². The molecule has 5 heteroatoms. The molecule has 0 radical (unpaired) electrons. The Kier molecular flexibility index (Phi) is 5.51. The second kappa shape index (κ2) is 7.79. The monoisotopic (exact) mass is 342 g/mol. The number of hydrogen-bond acceptors (Lipinski definition) is 3. The van der Waals surface area contributed by atoms with Crippen LogP contribution >= 0.6 is 11.3 Å². The van der Waals surface area contributed by atoms with Gasteiger partial charge in [-0.05, 0) is 56.7 Å². The molecule has 24 heavy (non-hydrogen) atoms. The SMILES string of the molecule is CCNC(=NCc1ccc2c(c1)CCC2)NCc1nc(C)c(C)s1. The van der Waals surface area contributed by atoms with Crippen LogP contribution in [0.5, 0.6) is 0 Å². The van der Waals surface area contributed by atoms with Crippen molar-refractivity contribution in [2.75, 3.05) is 6.54 Å². The van der Waals surface area contributed by atoms with Crippen LogP contribution in [0.3, 0.4) is 0 Å². The van der Waals surface area contributed by atoms with E-state index in [9.17, 15) is 0 Å². The van der Waals surface area contributed by atoms with Crippen molar-refractivity contribution in [1.29, 1.82) is 0 Å². The van der Waals surface area contributed by atoms with Gasteiger partial charge < -0.3 is 10.6 Å². The van der Waals surface area contributed by atoms with Gasteiger partial charge in [-0.25, -0.2) is 9.98 Å². The predicted octanol–water partition coefficient (Wildman–Crippen LogP) is 3.50. The van der Waals surface area contributed by atoms with Crippen LogP contribution in [0.2, 0.25) is 0 Å². The topological polar surface area (TPSA) is 49.3 Å². The van der Waals surface area contributed by atoms with Gasteiger partial charge in [-0.1, -0.05) is 18.2 Å². The Morgan fingerprint density at radius 3 is 2.79 bits per heavy atom. The summed E-state index contributed by atoms with van der Waals surface area (Å²) in [6, 6.07) is 6.81. The molecule has 0 saturated carbocycles. The Morgan fingerprint density at radius 2 is 2.04 bits per heavy atom. The number of nitrogens with zero attached hydrogens (tertiary/aromatic N) is 2. The summed E-state index contributed by atoms with van der Waals surface area (Å²) < 4.78 is 0. The molecule has 0 amide bonds. The third-order valence-electron chi connectivity index (χ3n) is 4.41. The number of rotatable bonds is 5. The molecule has 4 nitrogen and oxygen atoms in total. The maximum absolute atomic E-state index is 4.72. The lowest BCUT2D eigenvalue weighted by molar-refractivity contribution is 0.809. The summed E-state index contributed by atoms with van der Waals surface area (Å²) in [5.41, 5.74) is 5.43. The summed E-state index contributed by atoms with van der Waals surface area (Å²) in [5, 5.41) is 7.80. The average Bonchev–Trinajstić information content (AvgIpc) is 3.16. The van der Waals surface area contributed by atoms with Gasteiger partial charge in [0.25, 0.3) is 0 Å². The van der Waals surface area contributed by atoms with E-state index in [1.807, 2.05) is 0 Å². The molecule has 0 fully saturated rings. The van der Waals surface area contributed by atoms with Crippen molar-refractivity contribution in [3.05, 3.63) is 50.5 Å². The Balaban J connectivity index is 1.62. The Hall–Kier alpha value is -1.88. The van der Waals surface area contributed by atoms with Gasteiger partial charge in [-0.2, -0.15) is 0 Å². The summed E-state index contributed by atoms with van der Waals surface area (Å²) in [6.07, 6.45) is 3.74. The van der Waals surface area contributed by atoms with E-state index in [0.29, 0.717) is 6.54 Å². The normalized spacial score (nSPS) is 13.9. The van der Waals surface area contributed by atoms with Gasteiger partial charge in [0.2, 0.25) is 0 Å². The number of aryl methyl sites for hydroxylation is 4. The highest BCUT2D eigenvalue weighted by Crippen LogP contribution is 2.23. The largest absolute Gasteiger partial charge is 0.357 e. The van der Waals surface area contributed by atoms with Gasteiger partial charge in [0.1, 0.15) is 5.01 Å². The fraction of sp³-hybridized carbons (Fsp3) is 0.474. The van der Waals surface area contributed by atoms with Crippen molar-refractivity contribution in [2.45, 2.75) is 53.1 Å². The molecule has 2 aromatic rings. The van der Waals surface area contributed by atoms with Gasteiger partial charge >= 0.3 is 0 Å². The van der Waals surface area contributed by atoms with E-state index in [4.69, 9.17) is 4.99 Å². The van der Waals surface area contributed by atoms with E-state index in [2.05, 4.69) is 54.6 Å². The summed E-state index contributed by atoms with van der Waals surface area (Å²) in [4.78, 5) is 10.6.